The first-order valence-electron chi connectivity index (χ1n) is 7.77. The summed E-state index contributed by atoms with van der Waals surface area (Å²) in [6.07, 6.45) is 0. The Balaban J connectivity index is 1.71. The van der Waals surface area contributed by atoms with E-state index in [1.54, 1.807) is 23.5 Å². The molecule has 0 saturated heterocycles. The van der Waals surface area contributed by atoms with Crippen molar-refractivity contribution in [2.45, 2.75) is 17.6 Å². The van der Waals surface area contributed by atoms with Crippen LogP contribution < -0.4 is 5.32 Å². The van der Waals surface area contributed by atoms with Gasteiger partial charge in [0.1, 0.15) is 10.7 Å². The van der Waals surface area contributed by atoms with Gasteiger partial charge in [0, 0.05) is 22.1 Å². The highest BCUT2D eigenvalue weighted by atomic mass is 32.2. The third-order valence-corrected chi connectivity index (χ3v) is 5.77. The van der Waals surface area contributed by atoms with Crippen LogP contribution in [0.25, 0.3) is 0 Å². The zero-order chi connectivity index (χ0) is 16.8. The number of thioether (sulfide) groups is 2. The lowest BCUT2D eigenvalue weighted by molar-refractivity contribution is -0.112. The number of hydrogen-bond donors (Lipinski definition) is 1. The Morgan fingerprint density at radius 2 is 1.92 bits per heavy atom. The van der Waals surface area contributed by atoms with E-state index in [1.165, 1.54) is 4.90 Å². The van der Waals surface area contributed by atoms with E-state index in [0.29, 0.717) is 17.3 Å². The molecule has 0 radical (unpaired) electrons. The highest BCUT2D eigenvalue weighted by molar-refractivity contribution is 8.04. The van der Waals surface area contributed by atoms with Crippen LogP contribution in [0.3, 0.4) is 0 Å². The van der Waals surface area contributed by atoms with Gasteiger partial charge >= 0.3 is 0 Å². The molecule has 1 aliphatic rings. The van der Waals surface area contributed by atoms with Gasteiger partial charge in [-0.15, -0.1) is 23.5 Å². The number of rotatable bonds is 5. The summed E-state index contributed by atoms with van der Waals surface area (Å²) in [5, 5.41) is 3.04. The molecule has 3 rings (SSSR count). The summed E-state index contributed by atoms with van der Waals surface area (Å²) in [6.45, 7) is 2.51. The average molecular weight is 358 g/mol. The van der Waals surface area contributed by atoms with Crippen LogP contribution in [-0.4, -0.2) is 18.3 Å². The van der Waals surface area contributed by atoms with Crippen molar-refractivity contribution in [2.75, 3.05) is 17.7 Å². The quantitative estimate of drug-likeness (QED) is 0.772. The Bertz CT molecular complexity index is 744. The lowest BCUT2D eigenvalue weighted by Gasteiger charge is -2.18. The van der Waals surface area contributed by atoms with E-state index < -0.39 is 0 Å². The Morgan fingerprint density at radius 3 is 2.71 bits per heavy atom. The predicted octanol–water partition coefficient (Wildman–Crippen LogP) is 4.91. The minimum atomic E-state index is -0.0886. The molecule has 0 saturated carbocycles. The maximum Gasteiger partial charge on any atom is 0.265 e. The summed E-state index contributed by atoms with van der Waals surface area (Å²) >= 11 is 3.31. The lowest BCUT2D eigenvalue weighted by Crippen LogP contribution is -2.19. The number of para-hydroxylation sites is 1. The highest BCUT2D eigenvalue weighted by Crippen LogP contribution is 2.29. The second-order valence-corrected chi connectivity index (χ2v) is 7.45. The smallest absolute Gasteiger partial charge is 0.265 e. The van der Waals surface area contributed by atoms with Gasteiger partial charge in [-0.05, 0) is 30.7 Å². The fraction of sp³-hybridized carbons (Fsp3) is 0.211. The first-order valence-corrected chi connectivity index (χ1v) is 9.75. The topological polar surface area (TPSA) is 38.3 Å². The fourth-order valence-electron chi connectivity index (χ4n) is 2.36. The van der Waals surface area contributed by atoms with Gasteiger partial charge in [0.15, 0.2) is 0 Å². The Hall–Kier alpha value is -1.85. The molecule has 1 heterocycles. The molecule has 0 aliphatic carbocycles. The molecule has 0 atom stereocenters. The van der Waals surface area contributed by atoms with Gasteiger partial charge in [-0.25, -0.2) is 0 Å². The predicted molar refractivity (Wildman–Crippen MR) is 102 cm³/mol. The Morgan fingerprint density at radius 1 is 1.17 bits per heavy atom. The molecule has 2 aromatic rings. The number of nitrogens with one attached hydrogen (secondary N) is 1. The van der Waals surface area contributed by atoms with Gasteiger partial charge in [-0.1, -0.05) is 36.4 Å². The molecule has 0 aromatic heterocycles. The number of amides is 1. The monoisotopic (exact) mass is 357 g/mol. The summed E-state index contributed by atoms with van der Waals surface area (Å²) in [6, 6.07) is 18.2. The molecular weight excluding hydrogens is 338 g/mol. The number of allylic oxidation sites excluding steroid dienone is 1. The van der Waals surface area contributed by atoms with Crippen molar-refractivity contribution in [1.82, 2.24) is 0 Å². The van der Waals surface area contributed by atoms with Crippen molar-refractivity contribution in [1.29, 1.82) is 0 Å². The van der Waals surface area contributed by atoms with Crippen molar-refractivity contribution < 1.29 is 9.53 Å². The summed E-state index contributed by atoms with van der Waals surface area (Å²) in [4.78, 5) is 14.4. The van der Waals surface area contributed by atoms with Gasteiger partial charge in [0.2, 0.25) is 0 Å². The van der Waals surface area contributed by atoms with Crippen molar-refractivity contribution in [3.05, 3.63) is 70.8 Å². The summed E-state index contributed by atoms with van der Waals surface area (Å²) < 4.78 is 5.48. The molecule has 1 N–H and O–H groups in total. The van der Waals surface area contributed by atoms with Crippen LogP contribution in [0.15, 0.2) is 70.2 Å². The van der Waals surface area contributed by atoms with Crippen molar-refractivity contribution in [3.63, 3.8) is 0 Å². The molecule has 124 valence electrons. The van der Waals surface area contributed by atoms with Crippen LogP contribution in [0, 0.1) is 0 Å². The van der Waals surface area contributed by atoms with Crippen LogP contribution in [0.2, 0.25) is 0 Å². The van der Waals surface area contributed by atoms with Gasteiger partial charge in [-0.2, -0.15) is 0 Å². The van der Waals surface area contributed by atoms with E-state index in [4.69, 9.17) is 4.74 Å². The SMILES string of the molecule is CC1=C(C(=O)Nc2ccccc2CSc2ccccc2)SCCO1. The van der Waals surface area contributed by atoms with Crippen molar-refractivity contribution >= 4 is 35.1 Å². The Kier molecular flexibility index (Phi) is 5.88. The van der Waals surface area contributed by atoms with Crippen LogP contribution >= 0.6 is 23.5 Å². The molecule has 1 aliphatic heterocycles. The number of anilines is 1. The number of hydrogen-bond acceptors (Lipinski definition) is 4. The summed E-state index contributed by atoms with van der Waals surface area (Å²) in [7, 11) is 0. The molecule has 2 aromatic carbocycles. The number of benzene rings is 2. The van der Waals surface area contributed by atoms with Crippen LogP contribution in [0.4, 0.5) is 5.69 Å². The van der Waals surface area contributed by atoms with E-state index in [9.17, 15) is 4.79 Å². The van der Waals surface area contributed by atoms with Crippen LogP contribution in [-0.2, 0) is 15.3 Å². The van der Waals surface area contributed by atoms with Gasteiger partial charge < -0.3 is 10.1 Å². The molecule has 0 spiro atoms. The minimum Gasteiger partial charge on any atom is -0.496 e. The van der Waals surface area contributed by atoms with Crippen LogP contribution in [0.5, 0.6) is 0 Å². The van der Waals surface area contributed by atoms with E-state index in [-0.39, 0.29) is 5.91 Å². The zero-order valence-electron chi connectivity index (χ0n) is 13.5. The first kappa shape index (κ1) is 17.0. The fourth-order valence-corrected chi connectivity index (χ4v) is 4.09. The second kappa shape index (κ2) is 8.31. The second-order valence-electron chi connectivity index (χ2n) is 5.30. The maximum absolute atomic E-state index is 12.5. The first-order chi connectivity index (χ1) is 11.7. The molecule has 5 heteroatoms. The summed E-state index contributed by atoms with van der Waals surface area (Å²) in [5.41, 5.74) is 1.97. The van der Waals surface area contributed by atoms with Crippen molar-refractivity contribution in [3.8, 4) is 0 Å². The largest absolute Gasteiger partial charge is 0.496 e. The third kappa shape index (κ3) is 4.36. The standard InChI is InChI=1S/C19H19NO2S2/c1-14-18(23-12-11-22-14)19(21)20-17-10-6-5-7-15(17)13-24-16-8-3-2-4-9-16/h2-10H,11-13H2,1H3,(H,20,21). The molecule has 0 fully saturated rings. The number of carbonyl (C=O) groups is 1. The normalized spacial score (nSPS) is 14.2. The summed E-state index contributed by atoms with van der Waals surface area (Å²) in [5.74, 6) is 2.24. The molecule has 24 heavy (non-hydrogen) atoms. The molecule has 0 unspecified atom stereocenters. The molecule has 3 nitrogen and oxygen atoms in total. The number of ether oxygens (including phenoxy) is 1. The van der Waals surface area contributed by atoms with Gasteiger partial charge in [-0.3, -0.25) is 4.79 Å². The Labute approximate surface area is 150 Å². The average Bonchev–Trinajstić information content (AvgIpc) is 2.62. The third-order valence-electron chi connectivity index (χ3n) is 3.58. The number of carbonyl (C=O) groups excluding carboxylic acids is 1. The molecule has 0 bridgehead atoms. The molecular formula is C19H19NO2S2. The molecule has 1 amide bonds. The van der Waals surface area contributed by atoms with Crippen LogP contribution in [0.1, 0.15) is 12.5 Å². The lowest BCUT2D eigenvalue weighted by atomic mass is 10.2. The van der Waals surface area contributed by atoms with E-state index >= 15 is 0 Å². The minimum absolute atomic E-state index is 0.0886. The van der Waals surface area contributed by atoms with Gasteiger partial charge in [0.05, 0.1) is 6.61 Å². The highest BCUT2D eigenvalue weighted by Gasteiger charge is 2.19. The van der Waals surface area contributed by atoms with Gasteiger partial charge in [0.25, 0.3) is 5.91 Å². The van der Waals surface area contributed by atoms with E-state index in [2.05, 4.69) is 23.5 Å². The van der Waals surface area contributed by atoms with E-state index in [1.807, 2.05) is 43.3 Å². The van der Waals surface area contributed by atoms with E-state index in [0.717, 1.165) is 22.8 Å². The zero-order valence-corrected chi connectivity index (χ0v) is 15.1. The maximum atomic E-state index is 12.5. The van der Waals surface area contributed by atoms with Crippen molar-refractivity contribution in [2.24, 2.45) is 0 Å².